The van der Waals surface area contributed by atoms with E-state index in [2.05, 4.69) is 44.3 Å². The van der Waals surface area contributed by atoms with Gasteiger partial charge in [0, 0.05) is 11.8 Å². The SMILES string of the molecule is CC(C)(C)[C@H]1CC[C@H](Oc2ccc3cc([C@]4(C)COC(=O)N4)ccc3c2-c2ccc(S(C)(=O)=O)cc2)CC1. The average Bonchev–Trinajstić information content (AvgIpc) is 3.22. The molecule has 3 aromatic carbocycles. The predicted molar refractivity (Wildman–Crippen MR) is 150 cm³/mol. The molecule has 1 N–H and O–H groups in total. The zero-order valence-corrected chi connectivity index (χ0v) is 23.7. The fourth-order valence-electron chi connectivity index (χ4n) is 5.81. The maximum absolute atomic E-state index is 12.1. The maximum atomic E-state index is 12.1. The number of carbonyl (C=O) groups excluding carboxylic acids is 1. The minimum Gasteiger partial charge on any atom is -0.490 e. The van der Waals surface area contributed by atoms with Gasteiger partial charge < -0.3 is 14.8 Å². The van der Waals surface area contributed by atoms with Crippen molar-refractivity contribution >= 4 is 26.7 Å². The molecule has 2 fully saturated rings. The first kappa shape index (κ1) is 26.5. The van der Waals surface area contributed by atoms with Crippen LogP contribution in [0.4, 0.5) is 4.79 Å². The van der Waals surface area contributed by atoms with E-state index < -0.39 is 21.5 Å². The molecular weight excluding hydrogens is 498 g/mol. The second-order valence-corrected chi connectivity index (χ2v) is 14.2. The van der Waals surface area contributed by atoms with Gasteiger partial charge in [-0.3, -0.25) is 0 Å². The fourth-order valence-corrected chi connectivity index (χ4v) is 6.44. The number of sulfone groups is 1. The van der Waals surface area contributed by atoms with E-state index in [0.29, 0.717) is 11.3 Å². The lowest BCUT2D eigenvalue weighted by atomic mass is 9.72. The van der Waals surface area contributed by atoms with Gasteiger partial charge in [0.05, 0.1) is 16.5 Å². The fraction of sp³-hybridized carbons (Fsp3) is 0.452. The number of rotatable bonds is 5. The van der Waals surface area contributed by atoms with Crippen LogP contribution in [-0.2, 0) is 20.1 Å². The number of hydrogen-bond acceptors (Lipinski definition) is 5. The summed E-state index contributed by atoms with van der Waals surface area (Å²) in [5, 5.41) is 4.93. The number of cyclic esters (lactones) is 1. The van der Waals surface area contributed by atoms with Crippen LogP contribution in [0.25, 0.3) is 21.9 Å². The Hall–Kier alpha value is -3.06. The van der Waals surface area contributed by atoms with Gasteiger partial charge in [-0.05, 0) is 90.1 Å². The van der Waals surface area contributed by atoms with Gasteiger partial charge in [0.2, 0.25) is 0 Å². The van der Waals surface area contributed by atoms with Crippen molar-refractivity contribution in [1.29, 1.82) is 0 Å². The van der Waals surface area contributed by atoms with Crippen LogP contribution in [0.15, 0.2) is 59.5 Å². The number of benzene rings is 3. The van der Waals surface area contributed by atoms with Crippen LogP contribution in [0, 0.1) is 11.3 Å². The topological polar surface area (TPSA) is 81.7 Å². The van der Waals surface area contributed by atoms with Gasteiger partial charge in [-0.25, -0.2) is 13.2 Å². The van der Waals surface area contributed by atoms with E-state index in [1.165, 1.54) is 6.26 Å². The first-order valence-electron chi connectivity index (χ1n) is 13.3. The Labute approximate surface area is 225 Å². The molecule has 0 aromatic heterocycles. The van der Waals surface area contributed by atoms with Crippen molar-refractivity contribution < 1.29 is 22.7 Å². The van der Waals surface area contributed by atoms with Gasteiger partial charge in [-0.2, -0.15) is 0 Å². The first-order valence-corrected chi connectivity index (χ1v) is 15.2. The van der Waals surface area contributed by atoms with Gasteiger partial charge in [-0.1, -0.05) is 51.1 Å². The Morgan fingerprint density at radius 1 is 0.974 bits per heavy atom. The van der Waals surface area contributed by atoms with Crippen molar-refractivity contribution in [3.63, 3.8) is 0 Å². The Morgan fingerprint density at radius 2 is 1.66 bits per heavy atom. The summed E-state index contributed by atoms with van der Waals surface area (Å²) >= 11 is 0. The van der Waals surface area contributed by atoms with Crippen molar-refractivity contribution in [1.82, 2.24) is 5.32 Å². The first-order chi connectivity index (χ1) is 17.8. The zero-order valence-electron chi connectivity index (χ0n) is 22.8. The molecule has 2 aliphatic rings. The summed E-state index contributed by atoms with van der Waals surface area (Å²) in [6.07, 6.45) is 5.28. The van der Waals surface area contributed by atoms with Crippen LogP contribution >= 0.6 is 0 Å². The number of ether oxygens (including phenoxy) is 2. The lowest BCUT2D eigenvalue weighted by molar-refractivity contribution is 0.0886. The number of hydrogen-bond donors (Lipinski definition) is 1. The molecule has 1 atom stereocenters. The highest BCUT2D eigenvalue weighted by Gasteiger charge is 2.37. The van der Waals surface area contributed by atoms with Crippen molar-refractivity contribution in [3.8, 4) is 16.9 Å². The van der Waals surface area contributed by atoms with E-state index in [0.717, 1.165) is 58.9 Å². The third kappa shape index (κ3) is 5.26. The minimum atomic E-state index is -3.30. The van der Waals surface area contributed by atoms with E-state index in [4.69, 9.17) is 9.47 Å². The lowest BCUT2D eigenvalue weighted by Gasteiger charge is -2.37. The monoisotopic (exact) mass is 535 g/mol. The molecule has 1 saturated carbocycles. The Kier molecular flexibility index (Phi) is 6.70. The molecule has 5 rings (SSSR count). The number of carbonyl (C=O) groups is 1. The van der Waals surface area contributed by atoms with Crippen LogP contribution in [0.3, 0.4) is 0 Å². The van der Waals surface area contributed by atoms with E-state index in [1.54, 1.807) is 12.1 Å². The normalized spacial score (nSPS) is 24.2. The summed E-state index contributed by atoms with van der Waals surface area (Å²) < 4.78 is 36.0. The average molecular weight is 536 g/mol. The van der Waals surface area contributed by atoms with Crippen LogP contribution in [-0.4, -0.2) is 33.5 Å². The quantitative estimate of drug-likeness (QED) is 0.386. The molecule has 1 aliphatic carbocycles. The van der Waals surface area contributed by atoms with Gasteiger partial charge >= 0.3 is 6.09 Å². The smallest absolute Gasteiger partial charge is 0.408 e. The molecule has 1 heterocycles. The van der Waals surface area contributed by atoms with Crippen molar-refractivity contribution in [2.75, 3.05) is 12.9 Å². The van der Waals surface area contributed by atoms with Gasteiger partial charge in [0.1, 0.15) is 12.4 Å². The summed E-state index contributed by atoms with van der Waals surface area (Å²) in [5.41, 5.74) is 2.52. The number of amides is 1. The molecule has 0 spiro atoms. The summed E-state index contributed by atoms with van der Waals surface area (Å²) in [7, 11) is -3.30. The number of fused-ring (bicyclic) bond motifs is 1. The molecule has 6 nitrogen and oxygen atoms in total. The number of nitrogens with one attached hydrogen (secondary N) is 1. The van der Waals surface area contributed by atoms with E-state index in [-0.39, 0.29) is 17.6 Å². The highest BCUT2D eigenvalue weighted by molar-refractivity contribution is 7.90. The molecule has 0 bridgehead atoms. The molecule has 38 heavy (non-hydrogen) atoms. The van der Waals surface area contributed by atoms with E-state index in [9.17, 15) is 13.2 Å². The van der Waals surface area contributed by atoms with Crippen molar-refractivity contribution in [2.24, 2.45) is 11.3 Å². The van der Waals surface area contributed by atoms with Gasteiger partial charge in [0.15, 0.2) is 9.84 Å². The second-order valence-electron chi connectivity index (χ2n) is 12.2. The largest absolute Gasteiger partial charge is 0.490 e. The van der Waals surface area contributed by atoms with Crippen LogP contribution < -0.4 is 10.1 Å². The zero-order chi connectivity index (χ0) is 27.3. The van der Waals surface area contributed by atoms with Crippen LogP contribution in [0.1, 0.15) is 58.9 Å². The molecule has 7 heteroatoms. The summed E-state index contributed by atoms with van der Waals surface area (Å²) in [5.74, 6) is 1.50. The molecule has 0 radical (unpaired) electrons. The standard InChI is InChI=1S/C31H37NO5S/c1-30(2,3)22-9-12-24(13-10-22)37-27-17-8-21-18-23(31(4)19-36-29(33)32-31)11-16-26(21)28(27)20-6-14-25(15-7-20)38(5,34)35/h6-8,11,14-18,22,24H,9-10,12-13,19H2,1-5H3,(H,32,33)/t22-,24-,31-/m0/s1. The Balaban J connectivity index is 1.54. The van der Waals surface area contributed by atoms with Gasteiger partial charge in [0.25, 0.3) is 0 Å². The molecule has 1 saturated heterocycles. The van der Waals surface area contributed by atoms with Gasteiger partial charge in [-0.15, -0.1) is 0 Å². The highest BCUT2D eigenvalue weighted by atomic mass is 32.2. The Morgan fingerprint density at radius 3 is 2.24 bits per heavy atom. The lowest BCUT2D eigenvalue weighted by Crippen LogP contribution is -2.37. The number of alkyl carbamates (subject to hydrolysis) is 1. The highest BCUT2D eigenvalue weighted by Crippen LogP contribution is 2.43. The Bertz CT molecular complexity index is 1460. The molecular formula is C31H37NO5S. The van der Waals surface area contributed by atoms with E-state index in [1.807, 2.05) is 31.2 Å². The molecule has 1 amide bonds. The van der Waals surface area contributed by atoms with Crippen LogP contribution in [0.2, 0.25) is 0 Å². The molecule has 202 valence electrons. The van der Waals surface area contributed by atoms with Crippen molar-refractivity contribution in [3.05, 3.63) is 60.2 Å². The van der Waals surface area contributed by atoms with Crippen molar-refractivity contribution in [2.45, 2.75) is 69.9 Å². The second kappa shape index (κ2) is 9.60. The summed E-state index contributed by atoms with van der Waals surface area (Å²) in [6.45, 7) is 9.18. The van der Waals surface area contributed by atoms with E-state index >= 15 is 0 Å². The third-order valence-corrected chi connectivity index (χ3v) is 9.38. The molecule has 0 unspecified atom stereocenters. The van der Waals surface area contributed by atoms with Crippen LogP contribution in [0.5, 0.6) is 5.75 Å². The minimum absolute atomic E-state index is 0.143. The maximum Gasteiger partial charge on any atom is 0.408 e. The molecule has 3 aromatic rings. The molecule has 1 aliphatic heterocycles. The predicted octanol–water partition coefficient (Wildman–Crippen LogP) is 6.85. The summed E-state index contributed by atoms with van der Waals surface area (Å²) in [4.78, 5) is 12.0. The third-order valence-electron chi connectivity index (χ3n) is 8.25. The summed E-state index contributed by atoms with van der Waals surface area (Å²) in [6, 6.07) is 17.3.